The summed E-state index contributed by atoms with van der Waals surface area (Å²) in [4.78, 5) is 0. The van der Waals surface area contributed by atoms with Gasteiger partial charge in [-0.05, 0) is 33.1 Å². The van der Waals surface area contributed by atoms with E-state index < -0.39 is 0 Å². The third kappa shape index (κ3) is 3.71. The Morgan fingerprint density at radius 2 is 2.05 bits per heavy atom. The summed E-state index contributed by atoms with van der Waals surface area (Å²) >= 11 is 0. The molecule has 1 aliphatic heterocycles. The third-order valence-electron chi connectivity index (χ3n) is 4.31. The smallest absolute Gasteiger partial charge is 0.179 e. The second kappa shape index (κ2) is 6.93. The van der Waals surface area contributed by atoms with E-state index in [1.165, 1.54) is 37.2 Å². The molecule has 2 heteroatoms. The molecular formula is C17H28NO+. The molecule has 0 bridgehead atoms. The predicted octanol–water partition coefficient (Wildman–Crippen LogP) is 4.06. The lowest BCUT2D eigenvalue weighted by atomic mass is 10.0. The number of allylic oxidation sites excluding steroid dienone is 3. The van der Waals surface area contributed by atoms with Crippen LogP contribution < -0.4 is 0 Å². The van der Waals surface area contributed by atoms with Crippen LogP contribution in [-0.2, 0) is 4.74 Å². The van der Waals surface area contributed by atoms with Gasteiger partial charge in [-0.1, -0.05) is 6.08 Å². The number of ether oxygens (including phenoxy) is 1. The zero-order chi connectivity index (χ0) is 13.7. The summed E-state index contributed by atoms with van der Waals surface area (Å²) in [6.07, 6.45) is 12.6. The first kappa shape index (κ1) is 14.4. The molecule has 106 valence electrons. The van der Waals surface area contributed by atoms with Gasteiger partial charge in [0.1, 0.15) is 5.76 Å². The highest BCUT2D eigenvalue weighted by atomic mass is 16.5. The fourth-order valence-corrected chi connectivity index (χ4v) is 3.28. The normalized spacial score (nSPS) is 27.4. The standard InChI is InChI=1S/C17H28NO/c1-4-5-6-12-19-17-9-7-8-16(13-17)18-14(2)10-11-15(18)3/h4,13-15H,1,5-12H2,2-3H3/q+1/t14-,15-/m0/s1. The van der Waals surface area contributed by atoms with Gasteiger partial charge in [0.05, 0.1) is 6.61 Å². The Morgan fingerprint density at radius 3 is 2.74 bits per heavy atom. The lowest BCUT2D eigenvalue weighted by Crippen LogP contribution is -2.30. The Morgan fingerprint density at radius 1 is 1.32 bits per heavy atom. The van der Waals surface area contributed by atoms with E-state index in [0.29, 0.717) is 12.1 Å². The molecule has 0 saturated carbocycles. The van der Waals surface area contributed by atoms with E-state index in [1.54, 1.807) is 0 Å². The van der Waals surface area contributed by atoms with Gasteiger partial charge in [0.25, 0.3) is 0 Å². The molecule has 2 rings (SSSR count). The van der Waals surface area contributed by atoms with Crippen molar-refractivity contribution in [3.8, 4) is 0 Å². The second-order valence-corrected chi connectivity index (χ2v) is 5.92. The van der Waals surface area contributed by atoms with Crippen LogP contribution in [0.2, 0.25) is 0 Å². The molecule has 0 N–H and O–H groups in total. The maximum absolute atomic E-state index is 5.91. The van der Waals surface area contributed by atoms with Crippen molar-refractivity contribution in [2.45, 2.75) is 70.9 Å². The molecule has 1 heterocycles. The molecule has 0 aromatic carbocycles. The summed E-state index contributed by atoms with van der Waals surface area (Å²) in [5.74, 6) is 1.19. The van der Waals surface area contributed by atoms with Crippen molar-refractivity contribution in [3.05, 3.63) is 24.5 Å². The van der Waals surface area contributed by atoms with Crippen LogP contribution in [0.25, 0.3) is 0 Å². The number of hydrogen-bond donors (Lipinski definition) is 0. The van der Waals surface area contributed by atoms with Gasteiger partial charge in [0, 0.05) is 31.8 Å². The molecule has 19 heavy (non-hydrogen) atoms. The molecular weight excluding hydrogens is 234 g/mol. The molecule has 2 nitrogen and oxygen atoms in total. The Hall–Kier alpha value is -1.05. The molecule has 0 aromatic rings. The predicted molar refractivity (Wildman–Crippen MR) is 80.7 cm³/mol. The van der Waals surface area contributed by atoms with E-state index in [4.69, 9.17) is 4.74 Å². The van der Waals surface area contributed by atoms with E-state index in [-0.39, 0.29) is 0 Å². The first-order valence-electron chi connectivity index (χ1n) is 7.80. The molecule has 2 aliphatic rings. The summed E-state index contributed by atoms with van der Waals surface area (Å²) < 4.78 is 8.53. The average molecular weight is 262 g/mol. The van der Waals surface area contributed by atoms with E-state index >= 15 is 0 Å². The minimum atomic E-state index is 0.696. The van der Waals surface area contributed by atoms with E-state index in [2.05, 4.69) is 31.1 Å². The van der Waals surface area contributed by atoms with Crippen LogP contribution >= 0.6 is 0 Å². The van der Waals surface area contributed by atoms with E-state index in [0.717, 1.165) is 25.9 Å². The van der Waals surface area contributed by atoms with Gasteiger partial charge in [0.2, 0.25) is 0 Å². The number of nitrogens with zero attached hydrogens (tertiary/aromatic N) is 1. The van der Waals surface area contributed by atoms with Crippen LogP contribution in [0.5, 0.6) is 0 Å². The van der Waals surface area contributed by atoms with Crippen molar-refractivity contribution in [1.29, 1.82) is 0 Å². The van der Waals surface area contributed by atoms with Crippen molar-refractivity contribution >= 4 is 5.71 Å². The summed E-state index contributed by atoms with van der Waals surface area (Å²) in [5.41, 5.74) is 1.50. The highest BCUT2D eigenvalue weighted by molar-refractivity contribution is 5.92. The Labute approximate surface area is 117 Å². The molecule has 0 spiro atoms. The van der Waals surface area contributed by atoms with Crippen LogP contribution in [0.4, 0.5) is 0 Å². The van der Waals surface area contributed by atoms with Gasteiger partial charge < -0.3 is 4.74 Å². The third-order valence-corrected chi connectivity index (χ3v) is 4.31. The van der Waals surface area contributed by atoms with Crippen LogP contribution in [-0.4, -0.2) is 29.0 Å². The molecule has 1 saturated heterocycles. The van der Waals surface area contributed by atoms with Crippen LogP contribution in [0.3, 0.4) is 0 Å². The second-order valence-electron chi connectivity index (χ2n) is 5.92. The van der Waals surface area contributed by atoms with Crippen molar-refractivity contribution in [2.24, 2.45) is 0 Å². The topological polar surface area (TPSA) is 12.2 Å². The largest absolute Gasteiger partial charge is 0.498 e. The molecule has 0 aromatic heterocycles. The van der Waals surface area contributed by atoms with Gasteiger partial charge in [-0.3, -0.25) is 0 Å². The highest BCUT2D eigenvalue weighted by Gasteiger charge is 2.33. The first-order chi connectivity index (χ1) is 9.22. The maximum atomic E-state index is 5.91. The molecule has 1 aliphatic carbocycles. The lowest BCUT2D eigenvalue weighted by molar-refractivity contribution is -0.572. The lowest BCUT2D eigenvalue weighted by Gasteiger charge is -2.17. The Bertz CT molecular complexity index is 369. The van der Waals surface area contributed by atoms with Crippen molar-refractivity contribution in [2.75, 3.05) is 6.61 Å². The monoisotopic (exact) mass is 262 g/mol. The van der Waals surface area contributed by atoms with Gasteiger partial charge in [-0.2, -0.15) is 0 Å². The van der Waals surface area contributed by atoms with Gasteiger partial charge in [-0.25, -0.2) is 4.58 Å². The SMILES string of the molecule is C=CCCCOC1=CC(=[N+]2[C@@H](C)CC[C@@H]2C)CCC1. The maximum Gasteiger partial charge on any atom is 0.179 e. The molecule has 0 amide bonds. The van der Waals surface area contributed by atoms with Gasteiger partial charge in [-0.15, -0.1) is 6.58 Å². The zero-order valence-electron chi connectivity index (χ0n) is 12.5. The quantitative estimate of drug-likeness (QED) is 0.413. The fraction of sp³-hybridized carbons (Fsp3) is 0.706. The van der Waals surface area contributed by atoms with Crippen LogP contribution in [0.15, 0.2) is 24.5 Å². The molecule has 0 radical (unpaired) electrons. The summed E-state index contributed by atoms with van der Waals surface area (Å²) in [6, 6.07) is 1.39. The molecule has 1 fully saturated rings. The summed E-state index contributed by atoms with van der Waals surface area (Å²) in [7, 11) is 0. The molecule has 0 unspecified atom stereocenters. The van der Waals surface area contributed by atoms with Crippen LogP contribution in [0.1, 0.15) is 58.8 Å². The van der Waals surface area contributed by atoms with Crippen LogP contribution in [0, 0.1) is 0 Å². The van der Waals surface area contributed by atoms with Crippen molar-refractivity contribution in [1.82, 2.24) is 0 Å². The van der Waals surface area contributed by atoms with E-state index in [1.807, 2.05) is 6.08 Å². The minimum Gasteiger partial charge on any atom is -0.498 e. The van der Waals surface area contributed by atoms with Gasteiger partial charge >= 0.3 is 0 Å². The Kier molecular flexibility index (Phi) is 5.24. The number of rotatable bonds is 5. The molecule has 2 atom stereocenters. The van der Waals surface area contributed by atoms with Gasteiger partial charge in [0.15, 0.2) is 17.8 Å². The highest BCUT2D eigenvalue weighted by Crippen LogP contribution is 2.24. The number of unbranched alkanes of at least 4 members (excludes halogenated alkanes) is 1. The average Bonchev–Trinajstić information content (AvgIpc) is 2.75. The summed E-state index contributed by atoms with van der Waals surface area (Å²) in [6.45, 7) is 9.28. The first-order valence-corrected chi connectivity index (χ1v) is 7.80. The zero-order valence-corrected chi connectivity index (χ0v) is 12.5. The minimum absolute atomic E-state index is 0.696. The summed E-state index contributed by atoms with van der Waals surface area (Å²) in [5, 5.41) is 0. The number of hydrogen-bond acceptors (Lipinski definition) is 1. The Balaban J connectivity index is 2.02. The van der Waals surface area contributed by atoms with Crippen molar-refractivity contribution in [3.63, 3.8) is 0 Å². The van der Waals surface area contributed by atoms with Crippen molar-refractivity contribution < 1.29 is 9.31 Å². The fourth-order valence-electron chi connectivity index (χ4n) is 3.28. The van der Waals surface area contributed by atoms with E-state index in [9.17, 15) is 0 Å².